The van der Waals surface area contributed by atoms with Gasteiger partial charge in [-0.25, -0.2) is 0 Å². The van der Waals surface area contributed by atoms with E-state index >= 15 is 0 Å². The van der Waals surface area contributed by atoms with Crippen molar-refractivity contribution in [3.63, 3.8) is 0 Å². The number of benzene rings is 2. The maximum Gasteiger partial charge on any atom is 0.0591 e. The van der Waals surface area contributed by atoms with E-state index in [1.54, 1.807) is 0 Å². The van der Waals surface area contributed by atoms with Crippen LogP contribution in [0.2, 0.25) is 5.02 Å². The van der Waals surface area contributed by atoms with E-state index < -0.39 is 0 Å². The summed E-state index contributed by atoms with van der Waals surface area (Å²) in [6.45, 7) is 6.35. The first kappa shape index (κ1) is 14.1. The zero-order valence-corrected chi connectivity index (χ0v) is 12.7. The Labute approximate surface area is 120 Å². The van der Waals surface area contributed by atoms with Gasteiger partial charge in [-0.3, -0.25) is 0 Å². The van der Waals surface area contributed by atoms with Crippen molar-refractivity contribution in [2.45, 2.75) is 26.8 Å². The van der Waals surface area contributed by atoms with Gasteiger partial charge in [0.05, 0.1) is 6.04 Å². The summed E-state index contributed by atoms with van der Waals surface area (Å²) in [4.78, 5) is 0. The van der Waals surface area contributed by atoms with Crippen molar-refractivity contribution in [3.8, 4) is 0 Å². The maximum atomic E-state index is 6.47. The quantitative estimate of drug-likeness (QED) is 0.863. The summed E-state index contributed by atoms with van der Waals surface area (Å²) in [7, 11) is 1.98. The molecule has 2 rings (SSSR count). The zero-order chi connectivity index (χ0) is 14.0. The third-order valence-corrected chi connectivity index (χ3v) is 4.30. The molecule has 0 aliphatic heterocycles. The first-order chi connectivity index (χ1) is 9.06. The summed E-state index contributed by atoms with van der Waals surface area (Å²) < 4.78 is 0. The molecule has 1 N–H and O–H groups in total. The van der Waals surface area contributed by atoms with Crippen molar-refractivity contribution in [3.05, 3.63) is 69.2 Å². The second kappa shape index (κ2) is 5.77. The van der Waals surface area contributed by atoms with E-state index in [9.17, 15) is 0 Å². The Balaban J connectivity index is 2.57. The van der Waals surface area contributed by atoms with Crippen molar-refractivity contribution in [2.75, 3.05) is 7.05 Å². The number of hydrogen-bond acceptors (Lipinski definition) is 1. The minimum Gasteiger partial charge on any atom is -0.309 e. The molecule has 1 atom stereocenters. The van der Waals surface area contributed by atoms with Crippen LogP contribution in [0.4, 0.5) is 0 Å². The van der Waals surface area contributed by atoms with Crippen LogP contribution in [0.1, 0.15) is 33.9 Å². The summed E-state index contributed by atoms with van der Waals surface area (Å²) in [5.74, 6) is 0. The summed E-state index contributed by atoms with van der Waals surface area (Å²) >= 11 is 6.47. The van der Waals surface area contributed by atoms with Crippen LogP contribution in [0.25, 0.3) is 0 Å². The van der Waals surface area contributed by atoms with Gasteiger partial charge in [-0.05, 0) is 55.6 Å². The Morgan fingerprint density at radius 2 is 1.47 bits per heavy atom. The largest absolute Gasteiger partial charge is 0.309 e. The summed E-state index contributed by atoms with van der Waals surface area (Å²) in [5, 5.41) is 4.24. The molecule has 0 saturated heterocycles. The zero-order valence-electron chi connectivity index (χ0n) is 11.9. The first-order valence-corrected chi connectivity index (χ1v) is 6.92. The van der Waals surface area contributed by atoms with Crippen LogP contribution < -0.4 is 5.32 Å². The minimum atomic E-state index is 0.132. The lowest BCUT2D eigenvalue weighted by Gasteiger charge is -2.22. The fraction of sp³-hybridized carbons (Fsp3) is 0.294. The van der Waals surface area contributed by atoms with Crippen LogP contribution in [-0.2, 0) is 0 Å². The fourth-order valence-electron chi connectivity index (χ4n) is 2.46. The topological polar surface area (TPSA) is 12.0 Å². The summed E-state index contributed by atoms with van der Waals surface area (Å²) in [6, 6.07) is 12.7. The van der Waals surface area contributed by atoms with Gasteiger partial charge in [0.1, 0.15) is 0 Å². The van der Waals surface area contributed by atoms with Crippen LogP contribution >= 0.6 is 11.6 Å². The molecule has 1 unspecified atom stereocenters. The highest BCUT2D eigenvalue weighted by molar-refractivity contribution is 6.32. The van der Waals surface area contributed by atoms with Gasteiger partial charge in [0.25, 0.3) is 0 Å². The third kappa shape index (κ3) is 2.68. The highest BCUT2D eigenvalue weighted by atomic mass is 35.5. The van der Waals surface area contributed by atoms with Crippen molar-refractivity contribution in [1.29, 1.82) is 0 Å². The van der Waals surface area contributed by atoms with Crippen molar-refractivity contribution in [2.24, 2.45) is 0 Å². The lowest BCUT2D eigenvalue weighted by Crippen LogP contribution is -2.19. The minimum absolute atomic E-state index is 0.132. The molecule has 100 valence electrons. The SMILES string of the molecule is CNC(c1cccc(C)c1C)c1cccc(C)c1Cl. The smallest absolute Gasteiger partial charge is 0.0591 e. The van der Waals surface area contributed by atoms with E-state index in [0.717, 1.165) is 16.1 Å². The van der Waals surface area contributed by atoms with E-state index in [0.29, 0.717) is 0 Å². The molecule has 19 heavy (non-hydrogen) atoms. The molecule has 0 aliphatic carbocycles. The second-order valence-corrected chi connectivity index (χ2v) is 5.37. The highest BCUT2D eigenvalue weighted by Gasteiger charge is 2.18. The van der Waals surface area contributed by atoms with Gasteiger partial charge in [0.2, 0.25) is 0 Å². The number of rotatable bonds is 3. The first-order valence-electron chi connectivity index (χ1n) is 6.54. The molecule has 0 heterocycles. The second-order valence-electron chi connectivity index (χ2n) is 4.99. The van der Waals surface area contributed by atoms with E-state index in [1.807, 2.05) is 20.0 Å². The highest BCUT2D eigenvalue weighted by Crippen LogP contribution is 2.32. The Morgan fingerprint density at radius 3 is 2.11 bits per heavy atom. The molecule has 0 amide bonds. The Bertz CT molecular complexity index is 538. The fourth-order valence-corrected chi connectivity index (χ4v) is 2.69. The lowest BCUT2D eigenvalue weighted by molar-refractivity contribution is 0.686. The molecule has 0 spiro atoms. The molecule has 0 aromatic heterocycles. The average molecular weight is 274 g/mol. The van der Waals surface area contributed by atoms with Crippen molar-refractivity contribution < 1.29 is 0 Å². The molecule has 0 aliphatic rings. The Morgan fingerprint density at radius 1 is 0.895 bits per heavy atom. The van der Waals surface area contributed by atoms with Crippen LogP contribution in [0.15, 0.2) is 36.4 Å². The van der Waals surface area contributed by atoms with Gasteiger partial charge in [0.15, 0.2) is 0 Å². The summed E-state index contributed by atoms with van der Waals surface area (Å²) in [5.41, 5.74) is 6.17. The van der Waals surface area contributed by atoms with Crippen LogP contribution in [0.5, 0.6) is 0 Å². The monoisotopic (exact) mass is 273 g/mol. The standard InChI is InChI=1S/C17H20ClN/c1-11-7-5-9-14(13(11)3)17(19-4)15-10-6-8-12(2)16(15)18/h5-10,17,19H,1-4H3. The van der Waals surface area contributed by atoms with Crippen LogP contribution in [-0.4, -0.2) is 7.05 Å². The molecule has 2 heteroatoms. The molecule has 0 fully saturated rings. The molecule has 0 bridgehead atoms. The molecule has 0 radical (unpaired) electrons. The van der Waals surface area contributed by atoms with Crippen molar-refractivity contribution >= 4 is 11.6 Å². The predicted molar refractivity (Wildman–Crippen MR) is 83.0 cm³/mol. The Hall–Kier alpha value is -1.31. The predicted octanol–water partition coefficient (Wildman–Crippen LogP) is 4.57. The van der Waals surface area contributed by atoms with Crippen LogP contribution in [0.3, 0.4) is 0 Å². The van der Waals surface area contributed by atoms with Gasteiger partial charge in [-0.2, -0.15) is 0 Å². The Kier molecular flexibility index (Phi) is 4.28. The van der Waals surface area contributed by atoms with E-state index in [1.165, 1.54) is 16.7 Å². The molecular formula is C17H20ClN. The van der Waals surface area contributed by atoms with Gasteiger partial charge < -0.3 is 5.32 Å². The number of nitrogens with one attached hydrogen (secondary N) is 1. The molecule has 1 nitrogen and oxygen atoms in total. The van der Waals surface area contributed by atoms with Gasteiger partial charge in [0, 0.05) is 5.02 Å². The molecule has 2 aromatic rings. The van der Waals surface area contributed by atoms with E-state index in [4.69, 9.17) is 11.6 Å². The number of halogens is 1. The van der Waals surface area contributed by atoms with E-state index in [2.05, 4.69) is 49.5 Å². The number of hydrogen-bond donors (Lipinski definition) is 1. The van der Waals surface area contributed by atoms with Crippen molar-refractivity contribution in [1.82, 2.24) is 5.32 Å². The summed E-state index contributed by atoms with van der Waals surface area (Å²) in [6.07, 6.45) is 0. The normalized spacial score (nSPS) is 12.5. The van der Waals surface area contributed by atoms with Crippen LogP contribution in [0, 0.1) is 20.8 Å². The molecular weight excluding hydrogens is 254 g/mol. The molecule has 2 aromatic carbocycles. The lowest BCUT2D eigenvalue weighted by atomic mass is 9.92. The van der Waals surface area contributed by atoms with Gasteiger partial charge in [-0.1, -0.05) is 48.0 Å². The maximum absolute atomic E-state index is 6.47. The average Bonchev–Trinajstić information content (AvgIpc) is 2.40. The molecule has 0 saturated carbocycles. The third-order valence-electron chi connectivity index (χ3n) is 3.78. The van der Waals surface area contributed by atoms with E-state index in [-0.39, 0.29) is 6.04 Å². The number of aryl methyl sites for hydroxylation is 2. The van der Waals surface area contributed by atoms with Gasteiger partial charge >= 0.3 is 0 Å². The van der Waals surface area contributed by atoms with Gasteiger partial charge in [-0.15, -0.1) is 0 Å².